The van der Waals surface area contributed by atoms with Gasteiger partial charge >= 0.3 is 7.12 Å². The van der Waals surface area contributed by atoms with Crippen LogP contribution in [0.3, 0.4) is 0 Å². The molecule has 0 atom stereocenters. The van der Waals surface area contributed by atoms with Crippen molar-refractivity contribution >= 4 is 30.5 Å². The number of hydrogen-bond acceptors (Lipinski definition) is 7. The molecule has 4 aromatic carbocycles. The minimum Gasteiger partial charge on any atom is -0.399 e. The first-order chi connectivity index (χ1) is 34.4. The zero-order chi connectivity index (χ0) is 54.2. The van der Waals surface area contributed by atoms with Crippen molar-refractivity contribution in [1.29, 1.82) is 0 Å². The van der Waals surface area contributed by atoms with E-state index in [4.69, 9.17) is 9.31 Å². The van der Waals surface area contributed by atoms with Gasteiger partial charge in [-0.3, -0.25) is 4.79 Å². The van der Waals surface area contributed by atoms with Gasteiger partial charge in [-0.2, -0.15) is 0 Å². The van der Waals surface area contributed by atoms with Crippen molar-refractivity contribution in [3.05, 3.63) is 159 Å². The number of ketones is 1. The maximum atomic E-state index is 11.4. The van der Waals surface area contributed by atoms with Crippen LogP contribution in [0.5, 0.6) is 0 Å². The summed E-state index contributed by atoms with van der Waals surface area (Å²) in [6.07, 6.45) is 18.7. The summed E-state index contributed by atoms with van der Waals surface area (Å²) in [6, 6.07) is 27.0. The summed E-state index contributed by atoms with van der Waals surface area (Å²) >= 11 is 0. The standard InChI is InChI=1S/C33H42N2O2.C32H47BO3/c1-8-32(37,9-2)17-16-27-12-13-28(18-23(27)5)33(10-3,11-4)29-14-15-30(24(6)19-29)31-34-21-26(22-35-31)20-25(7)36;1-11-31(34,12-2)20-19-25-15-16-26(21-23(25)5)32(13-3,14-4)27-17-18-28(24(6)22-27)33-35-29(7,8)30(9,10)36-33/h12-19,21-22,37H,8-11,20H2,1-7H3;15-22,34H,11-14H2,1-10H3/b17-16+;20-19+. The van der Waals surface area contributed by atoms with Crippen LogP contribution in [0.2, 0.25) is 0 Å². The van der Waals surface area contributed by atoms with Crippen LogP contribution in [0.1, 0.15) is 203 Å². The SMILES string of the molecule is CCC(O)(/C=C/c1ccc(C(CC)(CC)c2ccc(-c3ncc(CC(C)=O)cn3)c(C)c2)cc1C)CC.CCC(O)(/C=C/c1ccc(C(CC)(CC)c2ccc(B3OC(C)(C)C(C)(C)O3)c(C)c2)cc1C)CC. The Bertz CT molecular complexity index is 2700. The van der Waals surface area contributed by atoms with Gasteiger partial charge in [0.25, 0.3) is 0 Å². The van der Waals surface area contributed by atoms with Gasteiger partial charge < -0.3 is 19.5 Å². The van der Waals surface area contributed by atoms with Gasteiger partial charge in [0.15, 0.2) is 5.82 Å². The van der Waals surface area contributed by atoms with Gasteiger partial charge in [0.05, 0.1) is 22.4 Å². The Morgan fingerprint density at radius 1 is 0.548 bits per heavy atom. The molecule has 73 heavy (non-hydrogen) atoms. The Morgan fingerprint density at radius 2 is 0.918 bits per heavy atom. The number of aryl methyl sites for hydroxylation is 4. The monoisotopic (exact) mass is 989 g/mol. The van der Waals surface area contributed by atoms with Crippen LogP contribution >= 0.6 is 0 Å². The smallest absolute Gasteiger partial charge is 0.399 e. The fourth-order valence-electron chi connectivity index (χ4n) is 10.5. The molecule has 1 saturated heterocycles. The van der Waals surface area contributed by atoms with Gasteiger partial charge in [-0.25, -0.2) is 9.97 Å². The number of aromatic nitrogens is 2. The van der Waals surface area contributed by atoms with Gasteiger partial charge in [0.2, 0.25) is 0 Å². The lowest BCUT2D eigenvalue weighted by molar-refractivity contribution is -0.116. The largest absolute Gasteiger partial charge is 0.495 e. The lowest BCUT2D eigenvalue weighted by atomic mass is 9.68. The second kappa shape index (κ2) is 24.1. The Kier molecular flexibility index (Phi) is 19.5. The van der Waals surface area contributed by atoms with Crippen LogP contribution in [0.25, 0.3) is 23.5 Å². The molecular formula is C65H89BN2O5. The molecule has 1 aliphatic rings. The molecule has 0 amide bonds. The molecule has 5 aromatic rings. The summed E-state index contributed by atoms with van der Waals surface area (Å²) in [7, 11) is -0.347. The van der Waals surface area contributed by atoms with E-state index in [9.17, 15) is 15.0 Å². The molecule has 2 N–H and O–H groups in total. The predicted octanol–water partition coefficient (Wildman–Crippen LogP) is 14.8. The van der Waals surface area contributed by atoms with Crippen LogP contribution < -0.4 is 5.46 Å². The van der Waals surface area contributed by atoms with Crippen molar-refractivity contribution in [2.45, 2.75) is 209 Å². The van der Waals surface area contributed by atoms with E-state index < -0.39 is 11.2 Å². The van der Waals surface area contributed by atoms with E-state index in [1.165, 1.54) is 38.9 Å². The van der Waals surface area contributed by atoms with E-state index in [-0.39, 0.29) is 34.9 Å². The Balaban J connectivity index is 0.000000271. The van der Waals surface area contributed by atoms with Gasteiger partial charge in [0.1, 0.15) is 5.78 Å². The maximum Gasteiger partial charge on any atom is 0.495 e. The van der Waals surface area contributed by atoms with E-state index in [0.29, 0.717) is 37.9 Å². The van der Waals surface area contributed by atoms with Gasteiger partial charge in [-0.05, 0) is 175 Å². The average molecular weight is 989 g/mol. The van der Waals surface area contributed by atoms with Crippen molar-refractivity contribution in [3.63, 3.8) is 0 Å². The summed E-state index contributed by atoms with van der Waals surface area (Å²) in [5.74, 6) is 0.788. The molecule has 0 saturated carbocycles. The maximum absolute atomic E-state index is 11.4. The van der Waals surface area contributed by atoms with Crippen molar-refractivity contribution in [2.75, 3.05) is 0 Å². The molecule has 392 valence electrons. The van der Waals surface area contributed by atoms with Crippen LogP contribution in [0.4, 0.5) is 0 Å². The molecule has 6 rings (SSSR count). The van der Waals surface area contributed by atoms with E-state index in [2.05, 4.69) is 178 Å². The van der Waals surface area contributed by atoms with E-state index in [0.717, 1.165) is 59.0 Å². The van der Waals surface area contributed by atoms with Gasteiger partial charge in [-0.15, -0.1) is 0 Å². The lowest BCUT2D eigenvalue weighted by Crippen LogP contribution is -2.41. The number of carbonyl (C=O) groups is 1. The van der Waals surface area contributed by atoms with Crippen molar-refractivity contribution in [3.8, 4) is 11.4 Å². The summed E-state index contributed by atoms with van der Waals surface area (Å²) in [5, 5.41) is 21.3. The first-order valence-corrected chi connectivity index (χ1v) is 27.3. The predicted molar refractivity (Wildman–Crippen MR) is 308 cm³/mol. The minimum absolute atomic E-state index is 0.0696. The van der Waals surface area contributed by atoms with E-state index in [1.807, 2.05) is 39.8 Å². The first-order valence-electron chi connectivity index (χ1n) is 27.3. The fourth-order valence-corrected chi connectivity index (χ4v) is 10.5. The molecule has 1 aromatic heterocycles. The molecule has 0 aliphatic carbocycles. The summed E-state index contributed by atoms with van der Waals surface area (Å²) in [5.41, 5.74) is 12.9. The van der Waals surface area contributed by atoms with Gasteiger partial charge in [-0.1, -0.05) is 158 Å². The quantitative estimate of drug-likeness (QED) is 0.0749. The number of carbonyl (C=O) groups excluding carboxylic acids is 1. The third-order valence-corrected chi connectivity index (χ3v) is 17.2. The number of aliphatic hydroxyl groups is 2. The van der Waals surface area contributed by atoms with Crippen molar-refractivity contribution in [1.82, 2.24) is 9.97 Å². The molecule has 0 unspecified atom stereocenters. The fraction of sp³-hybridized carbons (Fsp3) is 0.492. The normalized spacial score (nSPS) is 15.0. The Hall–Kier alpha value is -4.99. The van der Waals surface area contributed by atoms with Crippen LogP contribution in [-0.4, -0.2) is 55.5 Å². The molecular weight excluding hydrogens is 900 g/mol. The third-order valence-electron chi connectivity index (χ3n) is 17.2. The molecule has 0 radical (unpaired) electrons. The highest BCUT2D eigenvalue weighted by atomic mass is 16.7. The Morgan fingerprint density at radius 3 is 1.26 bits per heavy atom. The molecule has 0 spiro atoms. The zero-order valence-corrected chi connectivity index (χ0v) is 47.8. The second-order valence-electron chi connectivity index (χ2n) is 22.0. The summed E-state index contributed by atoms with van der Waals surface area (Å²) in [6.45, 7) is 35.8. The van der Waals surface area contributed by atoms with Crippen LogP contribution in [0, 0.1) is 27.7 Å². The third kappa shape index (κ3) is 12.9. The van der Waals surface area contributed by atoms with E-state index >= 15 is 0 Å². The van der Waals surface area contributed by atoms with E-state index in [1.54, 1.807) is 19.3 Å². The number of benzene rings is 4. The highest BCUT2D eigenvalue weighted by molar-refractivity contribution is 6.62. The summed E-state index contributed by atoms with van der Waals surface area (Å²) < 4.78 is 12.7. The van der Waals surface area contributed by atoms with Crippen molar-refractivity contribution < 1.29 is 24.3 Å². The molecule has 8 heteroatoms. The molecule has 1 fully saturated rings. The molecule has 2 heterocycles. The number of rotatable bonds is 20. The molecule has 1 aliphatic heterocycles. The van der Waals surface area contributed by atoms with Gasteiger partial charge in [0, 0.05) is 35.2 Å². The summed E-state index contributed by atoms with van der Waals surface area (Å²) in [4.78, 5) is 20.5. The van der Waals surface area contributed by atoms with Crippen LogP contribution in [0.15, 0.2) is 97.3 Å². The zero-order valence-electron chi connectivity index (χ0n) is 47.8. The number of hydrogen-bond donors (Lipinski definition) is 2. The lowest BCUT2D eigenvalue weighted by Gasteiger charge is -2.34. The first kappa shape index (κ1) is 58.9. The topological polar surface area (TPSA) is 102 Å². The number of Topliss-reactive ketones (excluding diaryl/α,β-unsaturated/α-hetero) is 1. The Labute approximate surface area is 441 Å². The van der Waals surface area contributed by atoms with Crippen LogP contribution in [-0.2, 0) is 31.4 Å². The average Bonchev–Trinajstić information content (AvgIpc) is 3.59. The highest BCUT2D eigenvalue weighted by Gasteiger charge is 2.52. The second-order valence-corrected chi connectivity index (χ2v) is 22.0. The molecule has 0 bridgehead atoms. The van der Waals surface area contributed by atoms with Crippen molar-refractivity contribution in [2.24, 2.45) is 0 Å². The molecule has 7 nitrogen and oxygen atoms in total. The highest BCUT2D eigenvalue weighted by Crippen LogP contribution is 2.43. The number of nitrogens with zero attached hydrogens (tertiary/aromatic N) is 2. The minimum atomic E-state index is -0.752.